The number of aromatic nitrogens is 2. The molecular formula is C20H28N4O. The summed E-state index contributed by atoms with van der Waals surface area (Å²) in [6, 6.07) is 10.8. The molecule has 0 fully saturated rings. The Hall–Kier alpha value is -2.14. The second-order valence-corrected chi connectivity index (χ2v) is 7.00. The van der Waals surface area contributed by atoms with Gasteiger partial charge in [0.15, 0.2) is 5.69 Å². The number of rotatable bonds is 6. The monoisotopic (exact) mass is 340 g/mol. The number of hydrogen-bond donors (Lipinski definition) is 1. The van der Waals surface area contributed by atoms with Gasteiger partial charge in [-0.3, -0.25) is 9.48 Å². The molecule has 3 rings (SSSR count). The summed E-state index contributed by atoms with van der Waals surface area (Å²) in [5.74, 6) is 0.00909. The molecule has 0 unspecified atom stereocenters. The molecule has 0 saturated heterocycles. The van der Waals surface area contributed by atoms with E-state index < -0.39 is 0 Å². The van der Waals surface area contributed by atoms with E-state index in [2.05, 4.69) is 46.3 Å². The minimum Gasteiger partial charge on any atom is -0.343 e. The zero-order valence-electron chi connectivity index (χ0n) is 15.5. The maximum Gasteiger partial charge on any atom is 0.274 e. The van der Waals surface area contributed by atoms with Crippen molar-refractivity contribution in [3.05, 3.63) is 52.8 Å². The lowest BCUT2D eigenvalue weighted by molar-refractivity contribution is 0.0819. The molecule has 1 heterocycles. The van der Waals surface area contributed by atoms with Gasteiger partial charge < -0.3 is 10.2 Å². The summed E-state index contributed by atoms with van der Waals surface area (Å²) in [4.78, 5) is 14.2. The zero-order valence-corrected chi connectivity index (χ0v) is 15.5. The number of fused-ring (bicyclic) bond motifs is 1. The summed E-state index contributed by atoms with van der Waals surface area (Å²) in [5, 5.41) is 8.31. The molecule has 0 spiro atoms. The van der Waals surface area contributed by atoms with Crippen LogP contribution in [-0.2, 0) is 25.9 Å². The van der Waals surface area contributed by atoms with Crippen LogP contribution in [0.5, 0.6) is 0 Å². The highest BCUT2D eigenvalue weighted by Gasteiger charge is 2.29. The van der Waals surface area contributed by atoms with E-state index in [1.807, 2.05) is 6.07 Å². The first kappa shape index (κ1) is 17.7. The molecule has 1 aromatic carbocycles. The first-order valence-electron chi connectivity index (χ1n) is 9.17. The molecule has 5 heteroatoms. The number of benzene rings is 1. The van der Waals surface area contributed by atoms with Crippen molar-refractivity contribution in [2.45, 2.75) is 51.7 Å². The van der Waals surface area contributed by atoms with Gasteiger partial charge in [0.2, 0.25) is 0 Å². The van der Waals surface area contributed by atoms with E-state index >= 15 is 0 Å². The highest BCUT2D eigenvalue weighted by molar-refractivity contribution is 5.93. The third kappa shape index (κ3) is 3.93. The summed E-state index contributed by atoms with van der Waals surface area (Å²) in [7, 11) is 3.59. The molecule has 1 atom stereocenters. The molecule has 25 heavy (non-hydrogen) atoms. The third-order valence-electron chi connectivity index (χ3n) is 4.83. The average Bonchev–Trinajstić information content (AvgIpc) is 2.98. The Kier molecular flexibility index (Phi) is 5.53. The first-order chi connectivity index (χ1) is 12.1. The van der Waals surface area contributed by atoms with E-state index in [-0.39, 0.29) is 5.91 Å². The van der Waals surface area contributed by atoms with E-state index in [0.29, 0.717) is 11.7 Å². The van der Waals surface area contributed by atoms with Crippen LogP contribution in [0.4, 0.5) is 0 Å². The van der Waals surface area contributed by atoms with Crippen LogP contribution in [0.3, 0.4) is 0 Å². The van der Waals surface area contributed by atoms with Gasteiger partial charge in [-0.05, 0) is 31.2 Å². The first-order valence-corrected chi connectivity index (χ1v) is 9.17. The molecule has 2 aromatic rings. The van der Waals surface area contributed by atoms with Crippen molar-refractivity contribution in [3.63, 3.8) is 0 Å². The predicted molar refractivity (Wildman–Crippen MR) is 99.6 cm³/mol. The third-order valence-corrected chi connectivity index (χ3v) is 4.83. The van der Waals surface area contributed by atoms with Crippen LogP contribution in [0.15, 0.2) is 30.3 Å². The van der Waals surface area contributed by atoms with Crippen molar-refractivity contribution in [2.24, 2.45) is 0 Å². The van der Waals surface area contributed by atoms with Gasteiger partial charge >= 0.3 is 0 Å². The number of nitrogens with zero attached hydrogens (tertiary/aromatic N) is 3. The Morgan fingerprint density at radius 1 is 1.32 bits per heavy atom. The summed E-state index contributed by atoms with van der Waals surface area (Å²) < 4.78 is 2.06. The van der Waals surface area contributed by atoms with Crippen molar-refractivity contribution >= 4 is 5.91 Å². The number of carbonyl (C=O) groups excluding carboxylic acids is 1. The quantitative estimate of drug-likeness (QED) is 0.879. The number of carbonyl (C=O) groups is 1. The Morgan fingerprint density at radius 2 is 2.08 bits per heavy atom. The minimum absolute atomic E-state index is 0.00909. The summed E-state index contributed by atoms with van der Waals surface area (Å²) in [6.07, 6.45) is 3.97. The molecule has 0 radical (unpaired) electrons. The fourth-order valence-electron chi connectivity index (χ4n) is 3.50. The Labute approximate surface area is 150 Å². The molecule has 5 nitrogen and oxygen atoms in total. The van der Waals surface area contributed by atoms with E-state index in [0.717, 1.165) is 44.3 Å². The van der Waals surface area contributed by atoms with E-state index in [1.54, 1.807) is 19.0 Å². The fourth-order valence-corrected chi connectivity index (χ4v) is 3.50. The highest BCUT2D eigenvalue weighted by atomic mass is 16.2. The summed E-state index contributed by atoms with van der Waals surface area (Å²) in [6.45, 7) is 3.89. The largest absolute Gasteiger partial charge is 0.343 e. The lowest BCUT2D eigenvalue weighted by Gasteiger charge is -2.25. The van der Waals surface area contributed by atoms with Crippen LogP contribution >= 0.6 is 0 Å². The molecule has 1 N–H and O–H groups in total. The number of hydrogen-bond acceptors (Lipinski definition) is 3. The normalized spacial score (nSPS) is 16.5. The molecule has 0 bridgehead atoms. The van der Waals surface area contributed by atoms with Crippen LogP contribution in [0, 0.1) is 0 Å². The van der Waals surface area contributed by atoms with Crippen molar-refractivity contribution in [3.8, 4) is 0 Å². The maximum absolute atomic E-state index is 12.5. The van der Waals surface area contributed by atoms with Gasteiger partial charge in [-0.25, -0.2) is 0 Å². The van der Waals surface area contributed by atoms with Gasteiger partial charge in [-0.15, -0.1) is 0 Å². The number of nitrogens with one attached hydrogen (secondary N) is 1. The van der Waals surface area contributed by atoms with Gasteiger partial charge in [0.25, 0.3) is 5.91 Å². The maximum atomic E-state index is 12.5. The average molecular weight is 340 g/mol. The van der Waals surface area contributed by atoms with Crippen molar-refractivity contribution in [1.29, 1.82) is 0 Å². The standard InChI is InChI=1S/C20H28N4O/c1-4-12-24-18-11-10-16(21-14-15-8-6-5-7-9-15)13-17(18)19(22-24)20(25)23(2)3/h5-9,16,21H,4,10-14H2,1-3H3/t16-/m1/s1. The Morgan fingerprint density at radius 3 is 2.76 bits per heavy atom. The Bertz CT molecular complexity index is 721. The second-order valence-electron chi connectivity index (χ2n) is 7.00. The zero-order chi connectivity index (χ0) is 17.8. The van der Waals surface area contributed by atoms with Gasteiger partial charge in [0.1, 0.15) is 0 Å². The summed E-state index contributed by atoms with van der Waals surface area (Å²) >= 11 is 0. The van der Waals surface area contributed by atoms with Crippen molar-refractivity contribution in [2.75, 3.05) is 14.1 Å². The lowest BCUT2D eigenvalue weighted by Crippen LogP contribution is -2.35. The summed E-state index contributed by atoms with van der Waals surface area (Å²) in [5.41, 5.74) is 4.33. The van der Waals surface area contributed by atoms with Gasteiger partial charge in [0, 0.05) is 44.5 Å². The van der Waals surface area contributed by atoms with Crippen molar-refractivity contribution < 1.29 is 4.79 Å². The van der Waals surface area contributed by atoms with Crippen LogP contribution in [0.1, 0.15) is 47.1 Å². The van der Waals surface area contributed by atoms with Crippen molar-refractivity contribution in [1.82, 2.24) is 20.0 Å². The SMILES string of the molecule is CCCn1nc(C(=O)N(C)C)c2c1CC[C@@H](NCc1ccccc1)C2. The topological polar surface area (TPSA) is 50.2 Å². The second kappa shape index (κ2) is 7.83. The number of amides is 1. The van der Waals surface area contributed by atoms with Gasteiger partial charge in [-0.1, -0.05) is 37.3 Å². The van der Waals surface area contributed by atoms with E-state index in [1.165, 1.54) is 11.3 Å². The minimum atomic E-state index is 0.00909. The molecule has 1 amide bonds. The molecule has 0 aliphatic heterocycles. The molecular weight excluding hydrogens is 312 g/mol. The smallest absolute Gasteiger partial charge is 0.274 e. The molecule has 0 saturated carbocycles. The van der Waals surface area contributed by atoms with Gasteiger partial charge in [0.05, 0.1) is 0 Å². The van der Waals surface area contributed by atoms with E-state index in [9.17, 15) is 4.79 Å². The van der Waals surface area contributed by atoms with Gasteiger partial charge in [-0.2, -0.15) is 5.10 Å². The Balaban J connectivity index is 1.77. The lowest BCUT2D eigenvalue weighted by atomic mass is 9.91. The fraction of sp³-hybridized carbons (Fsp3) is 0.500. The predicted octanol–water partition coefficient (Wildman–Crippen LogP) is 2.64. The molecule has 134 valence electrons. The molecule has 1 aromatic heterocycles. The van der Waals surface area contributed by atoms with Crippen LogP contribution in [0.2, 0.25) is 0 Å². The molecule has 1 aliphatic carbocycles. The molecule has 1 aliphatic rings. The van der Waals surface area contributed by atoms with Crippen LogP contribution in [-0.4, -0.2) is 40.7 Å². The number of aryl methyl sites for hydroxylation is 1. The van der Waals surface area contributed by atoms with E-state index in [4.69, 9.17) is 0 Å². The van der Waals surface area contributed by atoms with Crippen LogP contribution < -0.4 is 5.32 Å². The van der Waals surface area contributed by atoms with Crippen LogP contribution in [0.25, 0.3) is 0 Å². The highest BCUT2D eigenvalue weighted by Crippen LogP contribution is 2.26.